The molecule has 1 fully saturated rings. The quantitative estimate of drug-likeness (QED) is 0.573. The van der Waals surface area contributed by atoms with Crippen LogP contribution in [0, 0.1) is 29.1 Å². The first-order valence-corrected chi connectivity index (χ1v) is 5.60. The first kappa shape index (κ1) is 10.6. The van der Waals surface area contributed by atoms with Crippen molar-refractivity contribution in [2.75, 3.05) is 0 Å². The lowest BCUT2D eigenvalue weighted by atomic mass is 9.79. The highest BCUT2D eigenvalue weighted by atomic mass is 14.5. The summed E-state index contributed by atoms with van der Waals surface area (Å²) in [6, 6.07) is 0. The highest BCUT2D eigenvalue weighted by molar-refractivity contribution is 5.20. The molecular weight excluding hydrogens is 156 g/mol. The van der Waals surface area contributed by atoms with Crippen molar-refractivity contribution in [1.82, 2.24) is 0 Å². The van der Waals surface area contributed by atoms with Crippen molar-refractivity contribution < 1.29 is 0 Å². The molecule has 0 aromatic heterocycles. The summed E-state index contributed by atoms with van der Waals surface area (Å²) in [6.07, 6.45) is 5.33. The summed E-state index contributed by atoms with van der Waals surface area (Å²) in [4.78, 5) is 0. The third-order valence-electron chi connectivity index (χ3n) is 3.63. The van der Waals surface area contributed by atoms with Crippen molar-refractivity contribution in [2.24, 2.45) is 17.3 Å². The summed E-state index contributed by atoms with van der Waals surface area (Å²) in [5.41, 5.74) is 0.420. The summed E-state index contributed by atoms with van der Waals surface area (Å²) < 4.78 is 0. The van der Waals surface area contributed by atoms with Gasteiger partial charge in [-0.3, -0.25) is 0 Å². The fourth-order valence-electron chi connectivity index (χ4n) is 2.33. The van der Waals surface area contributed by atoms with Gasteiger partial charge in [0.25, 0.3) is 0 Å². The van der Waals surface area contributed by atoms with E-state index < -0.39 is 0 Å². The van der Waals surface area contributed by atoms with Gasteiger partial charge in [-0.25, -0.2) is 0 Å². The number of hydrogen-bond acceptors (Lipinski definition) is 0. The standard InChI is InChI=1S/C13H22/c1-5-7-11(3)12(4)13(8-6-2)9-10-13/h11-12H,5,7,9-10H2,1-4H3. The molecule has 0 heteroatoms. The normalized spacial score (nSPS) is 22.8. The first-order valence-electron chi connectivity index (χ1n) is 5.60. The number of rotatable bonds is 4. The molecule has 1 aliphatic rings. The van der Waals surface area contributed by atoms with Crippen LogP contribution < -0.4 is 0 Å². The van der Waals surface area contributed by atoms with Crippen molar-refractivity contribution >= 4 is 0 Å². The Kier molecular flexibility index (Phi) is 3.42. The van der Waals surface area contributed by atoms with Gasteiger partial charge < -0.3 is 0 Å². The SMILES string of the molecule is CC#CC1(C(C)C(C)CCC)CC1. The Hall–Kier alpha value is -0.440. The van der Waals surface area contributed by atoms with Gasteiger partial charge in [-0.1, -0.05) is 39.5 Å². The molecule has 1 rings (SSSR count). The minimum atomic E-state index is 0.420. The Bertz CT molecular complexity index is 212. The Morgan fingerprint density at radius 1 is 1.31 bits per heavy atom. The smallest absolute Gasteiger partial charge is 0.0343 e. The van der Waals surface area contributed by atoms with Crippen molar-refractivity contribution in [1.29, 1.82) is 0 Å². The summed E-state index contributed by atoms with van der Waals surface area (Å²) in [5.74, 6) is 8.15. The maximum Gasteiger partial charge on any atom is 0.0343 e. The van der Waals surface area contributed by atoms with Gasteiger partial charge in [-0.2, -0.15) is 0 Å². The fourth-order valence-corrected chi connectivity index (χ4v) is 2.33. The molecule has 0 heterocycles. The second-order valence-electron chi connectivity index (χ2n) is 4.59. The molecule has 0 N–H and O–H groups in total. The Morgan fingerprint density at radius 2 is 1.92 bits per heavy atom. The van der Waals surface area contributed by atoms with Crippen LogP contribution in [0.4, 0.5) is 0 Å². The molecule has 0 aromatic rings. The van der Waals surface area contributed by atoms with Crippen LogP contribution in [0.2, 0.25) is 0 Å². The van der Waals surface area contributed by atoms with Crippen LogP contribution in [0.3, 0.4) is 0 Å². The molecule has 0 aromatic carbocycles. The molecule has 0 amide bonds. The largest absolute Gasteiger partial charge is 0.106 e. The summed E-state index contributed by atoms with van der Waals surface area (Å²) in [5, 5.41) is 0. The average molecular weight is 178 g/mol. The van der Waals surface area contributed by atoms with Crippen LogP contribution in [0.5, 0.6) is 0 Å². The third-order valence-corrected chi connectivity index (χ3v) is 3.63. The van der Waals surface area contributed by atoms with Crippen LogP contribution in [0.25, 0.3) is 0 Å². The zero-order valence-corrected chi connectivity index (χ0v) is 9.48. The molecule has 13 heavy (non-hydrogen) atoms. The van der Waals surface area contributed by atoms with Crippen LogP contribution >= 0.6 is 0 Å². The monoisotopic (exact) mass is 178 g/mol. The molecule has 0 bridgehead atoms. The van der Waals surface area contributed by atoms with Gasteiger partial charge in [0.05, 0.1) is 0 Å². The minimum Gasteiger partial charge on any atom is -0.106 e. The fraction of sp³-hybridized carbons (Fsp3) is 0.846. The third kappa shape index (κ3) is 2.27. The predicted octanol–water partition coefficient (Wildman–Crippen LogP) is 3.86. The van der Waals surface area contributed by atoms with E-state index in [1.165, 1.54) is 25.7 Å². The van der Waals surface area contributed by atoms with Gasteiger partial charge in [0, 0.05) is 5.41 Å². The lowest BCUT2D eigenvalue weighted by Gasteiger charge is -2.24. The Balaban J connectivity index is 2.54. The molecular formula is C13H22. The van der Waals surface area contributed by atoms with E-state index >= 15 is 0 Å². The lowest BCUT2D eigenvalue weighted by Crippen LogP contribution is -2.18. The molecule has 0 radical (unpaired) electrons. The molecule has 2 unspecified atom stereocenters. The Morgan fingerprint density at radius 3 is 2.31 bits per heavy atom. The number of hydrogen-bond donors (Lipinski definition) is 0. The van der Waals surface area contributed by atoms with Crippen LogP contribution in [0.1, 0.15) is 53.4 Å². The van der Waals surface area contributed by atoms with Crippen molar-refractivity contribution in [3.8, 4) is 11.8 Å². The molecule has 0 nitrogen and oxygen atoms in total. The topological polar surface area (TPSA) is 0 Å². The minimum absolute atomic E-state index is 0.420. The second kappa shape index (κ2) is 4.18. The molecule has 1 aliphatic carbocycles. The Labute approximate surface area is 83.1 Å². The van der Waals surface area contributed by atoms with E-state index in [1.54, 1.807) is 0 Å². The van der Waals surface area contributed by atoms with Crippen molar-refractivity contribution in [3.05, 3.63) is 0 Å². The second-order valence-corrected chi connectivity index (χ2v) is 4.59. The van der Waals surface area contributed by atoms with Crippen LogP contribution in [-0.4, -0.2) is 0 Å². The van der Waals surface area contributed by atoms with E-state index in [0.29, 0.717) is 5.41 Å². The predicted molar refractivity (Wildman–Crippen MR) is 58.4 cm³/mol. The zero-order valence-electron chi connectivity index (χ0n) is 9.48. The highest BCUT2D eigenvalue weighted by Crippen LogP contribution is 2.54. The van der Waals surface area contributed by atoms with E-state index in [1.807, 2.05) is 6.92 Å². The van der Waals surface area contributed by atoms with Gasteiger partial charge in [0.2, 0.25) is 0 Å². The van der Waals surface area contributed by atoms with E-state index in [2.05, 4.69) is 32.6 Å². The van der Waals surface area contributed by atoms with E-state index in [0.717, 1.165) is 11.8 Å². The van der Waals surface area contributed by atoms with E-state index in [9.17, 15) is 0 Å². The molecule has 74 valence electrons. The maximum absolute atomic E-state index is 3.42. The van der Waals surface area contributed by atoms with Crippen molar-refractivity contribution in [2.45, 2.75) is 53.4 Å². The summed E-state index contributed by atoms with van der Waals surface area (Å²) in [7, 11) is 0. The van der Waals surface area contributed by atoms with Gasteiger partial charge in [0.15, 0.2) is 0 Å². The lowest BCUT2D eigenvalue weighted by molar-refractivity contribution is 0.279. The van der Waals surface area contributed by atoms with Gasteiger partial charge in [-0.15, -0.1) is 5.92 Å². The highest BCUT2D eigenvalue weighted by Gasteiger charge is 2.47. The van der Waals surface area contributed by atoms with Crippen LogP contribution in [-0.2, 0) is 0 Å². The molecule has 0 spiro atoms. The zero-order chi connectivity index (χ0) is 9.90. The summed E-state index contributed by atoms with van der Waals surface area (Å²) in [6.45, 7) is 9.01. The first-order chi connectivity index (χ1) is 6.16. The van der Waals surface area contributed by atoms with Gasteiger partial charge in [-0.05, 0) is 31.6 Å². The molecule has 0 saturated heterocycles. The van der Waals surface area contributed by atoms with Gasteiger partial charge in [0.1, 0.15) is 0 Å². The average Bonchev–Trinajstić information content (AvgIpc) is 2.86. The maximum atomic E-state index is 3.42. The van der Waals surface area contributed by atoms with Crippen LogP contribution in [0.15, 0.2) is 0 Å². The molecule has 2 atom stereocenters. The summed E-state index contributed by atoms with van der Waals surface area (Å²) >= 11 is 0. The molecule has 1 saturated carbocycles. The van der Waals surface area contributed by atoms with Gasteiger partial charge >= 0.3 is 0 Å². The van der Waals surface area contributed by atoms with E-state index in [-0.39, 0.29) is 0 Å². The molecule has 0 aliphatic heterocycles. The van der Waals surface area contributed by atoms with Crippen molar-refractivity contribution in [3.63, 3.8) is 0 Å². The van der Waals surface area contributed by atoms with E-state index in [4.69, 9.17) is 0 Å².